The molecule has 0 aromatic heterocycles. The van der Waals surface area contributed by atoms with Crippen molar-refractivity contribution in [2.24, 2.45) is 0 Å². The van der Waals surface area contributed by atoms with Crippen LogP contribution in [0.1, 0.15) is 11.1 Å². The van der Waals surface area contributed by atoms with E-state index in [0.717, 1.165) is 18.2 Å². The minimum absolute atomic E-state index is 0.0343. The molecule has 112 valence electrons. The smallest absolute Gasteiger partial charge is 0.380 e. The first-order valence-corrected chi connectivity index (χ1v) is 6.58. The van der Waals surface area contributed by atoms with Gasteiger partial charge in [-0.2, -0.15) is 13.2 Å². The highest BCUT2D eigenvalue weighted by Crippen LogP contribution is 2.34. The number of anilines is 1. The van der Waals surface area contributed by atoms with Gasteiger partial charge in [-0.05, 0) is 24.3 Å². The van der Waals surface area contributed by atoms with Crippen LogP contribution in [0, 0.1) is 5.82 Å². The molecular weight excluding hydrogens is 329 g/mol. The van der Waals surface area contributed by atoms with Crippen molar-refractivity contribution in [1.82, 2.24) is 0 Å². The third-order valence-electron chi connectivity index (χ3n) is 2.79. The van der Waals surface area contributed by atoms with Crippen molar-refractivity contribution in [1.29, 1.82) is 0 Å². The highest BCUT2D eigenvalue weighted by Gasteiger charge is 2.30. The van der Waals surface area contributed by atoms with Crippen molar-refractivity contribution >= 4 is 28.9 Å². The minimum atomic E-state index is -4.47. The van der Waals surface area contributed by atoms with Gasteiger partial charge in [0, 0.05) is 12.1 Å². The molecule has 0 heterocycles. The molecule has 0 aliphatic carbocycles. The second-order valence-corrected chi connectivity index (χ2v) is 5.07. The highest BCUT2D eigenvalue weighted by atomic mass is 35.5. The summed E-state index contributed by atoms with van der Waals surface area (Å²) in [6.45, 7) is -0.0343. The molecule has 0 radical (unpaired) electrons. The number of halogens is 6. The van der Waals surface area contributed by atoms with Gasteiger partial charge < -0.3 is 5.32 Å². The largest absolute Gasteiger partial charge is 0.416 e. The maximum atomic E-state index is 13.7. The molecule has 2 aromatic rings. The Morgan fingerprint density at radius 1 is 1.00 bits per heavy atom. The number of benzene rings is 2. The highest BCUT2D eigenvalue weighted by molar-refractivity contribution is 6.33. The Morgan fingerprint density at radius 3 is 2.38 bits per heavy atom. The molecule has 7 heteroatoms. The molecule has 0 amide bonds. The Kier molecular flexibility index (Phi) is 4.64. The van der Waals surface area contributed by atoms with E-state index in [4.69, 9.17) is 23.2 Å². The quantitative estimate of drug-likeness (QED) is 0.701. The molecule has 2 rings (SSSR count). The van der Waals surface area contributed by atoms with Crippen molar-refractivity contribution in [2.45, 2.75) is 12.7 Å². The van der Waals surface area contributed by atoms with Gasteiger partial charge in [0.25, 0.3) is 0 Å². The van der Waals surface area contributed by atoms with Crippen LogP contribution in [0.2, 0.25) is 10.0 Å². The summed E-state index contributed by atoms with van der Waals surface area (Å²) in [7, 11) is 0. The molecule has 0 atom stereocenters. The molecule has 0 unspecified atom stereocenters. The molecule has 0 saturated heterocycles. The average Bonchev–Trinajstić information content (AvgIpc) is 2.40. The van der Waals surface area contributed by atoms with E-state index in [2.05, 4.69) is 5.32 Å². The third kappa shape index (κ3) is 3.80. The van der Waals surface area contributed by atoms with Gasteiger partial charge in [0.15, 0.2) is 0 Å². The molecule has 2 aromatic carbocycles. The first kappa shape index (κ1) is 15.9. The van der Waals surface area contributed by atoms with Crippen LogP contribution in [0.4, 0.5) is 23.2 Å². The second kappa shape index (κ2) is 6.12. The zero-order valence-corrected chi connectivity index (χ0v) is 12.0. The molecule has 0 spiro atoms. The standard InChI is InChI=1S/C14H9Cl2F4N/c15-10-5-4-9(14(18,19)20)6-12(10)21-7-8-2-1-3-11(16)13(8)17/h1-6,21H,7H2. The van der Waals surface area contributed by atoms with Crippen LogP contribution in [-0.4, -0.2) is 0 Å². The Hall–Kier alpha value is -1.46. The summed E-state index contributed by atoms with van der Waals surface area (Å²) in [4.78, 5) is 0. The summed E-state index contributed by atoms with van der Waals surface area (Å²) in [5.74, 6) is -0.616. The average molecular weight is 338 g/mol. The molecule has 0 fully saturated rings. The lowest BCUT2D eigenvalue weighted by molar-refractivity contribution is -0.137. The number of hydrogen-bond donors (Lipinski definition) is 1. The molecule has 21 heavy (non-hydrogen) atoms. The van der Waals surface area contributed by atoms with Crippen molar-refractivity contribution in [3.8, 4) is 0 Å². The van der Waals surface area contributed by atoms with Crippen molar-refractivity contribution < 1.29 is 17.6 Å². The SMILES string of the molecule is Fc1c(Cl)cccc1CNc1cc(C(F)(F)F)ccc1Cl. The van der Waals surface area contributed by atoms with Crippen LogP contribution < -0.4 is 5.32 Å². The van der Waals surface area contributed by atoms with E-state index in [1.807, 2.05) is 0 Å². The summed E-state index contributed by atoms with van der Waals surface area (Å²) in [6, 6.07) is 7.32. The summed E-state index contributed by atoms with van der Waals surface area (Å²) in [6.07, 6.45) is -4.47. The first-order chi connectivity index (χ1) is 9.79. The van der Waals surface area contributed by atoms with Gasteiger partial charge in [-0.15, -0.1) is 0 Å². The summed E-state index contributed by atoms with van der Waals surface area (Å²) in [5.41, 5.74) is -0.525. The molecule has 0 aliphatic rings. The maximum Gasteiger partial charge on any atom is 0.416 e. The normalized spacial score (nSPS) is 11.5. The maximum absolute atomic E-state index is 13.7. The summed E-state index contributed by atoms with van der Waals surface area (Å²) >= 11 is 11.5. The topological polar surface area (TPSA) is 12.0 Å². The van der Waals surface area contributed by atoms with Gasteiger partial charge in [-0.1, -0.05) is 35.3 Å². The molecule has 1 N–H and O–H groups in total. The summed E-state index contributed by atoms with van der Waals surface area (Å²) < 4.78 is 51.6. The van der Waals surface area contributed by atoms with Crippen molar-refractivity contribution in [3.05, 3.63) is 63.4 Å². The zero-order chi connectivity index (χ0) is 15.6. The van der Waals surface area contributed by atoms with Gasteiger partial charge in [-0.3, -0.25) is 0 Å². The van der Waals surface area contributed by atoms with E-state index in [-0.39, 0.29) is 27.8 Å². The number of rotatable bonds is 3. The Balaban J connectivity index is 2.22. The number of hydrogen-bond acceptors (Lipinski definition) is 1. The fraction of sp³-hybridized carbons (Fsp3) is 0.143. The van der Waals surface area contributed by atoms with Gasteiger partial charge in [0.1, 0.15) is 5.82 Å². The van der Waals surface area contributed by atoms with Crippen LogP contribution in [0.3, 0.4) is 0 Å². The summed E-state index contributed by atoms with van der Waals surface area (Å²) in [5, 5.41) is 2.74. The van der Waals surface area contributed by atoms with Gasteiger partial charge in [0.05, 0.1) is 21.3 Å². The van der Waals surface area contributed by atoms with E-state index >= 15 is 0 Å². The predicted octanol–water partition coefficient (Wildman–Crippen LogP) is 5.76. The van der Waals surface area contributed by atoms with Crippen molar-refractivity contribution in [3.63, 3.8) is 0 Å². The van der Waals surface area contributed by atoms with E-state index in [9.17, 15) is 17.6 Å². The van der Waals surface area contributed by atoms with Crippen LogP contribution in [0.5, 0.6) is 0 Å². The van der Waals surface area contributed by atoms with E-state index in [1.165, 1.54) is 12.1 Å². The lowest BCUT2D eigenvalue weighted by Gasteiger charge is -2.13. The Bertz CT molecular complexity index is 656. The van der Waals surface area contributed by atoms with Crippen LogP contribution in [0.15, 0.2) is 36.4 Å². The van der Waals surface area contributed by atoms with E-state index < -0.39 is 17.6 Å². The van der Waals surface area contributed by atoms with Gasteiger partial charge >= 0.3 is 6.18 Å². The van der Waals surface area contributed by atoms with Crippen LogP contribution in [-0.2, 0) is 12.7 Å². The van der Waals surface area contributed by atoms with Gasteiger partial charge in [0.2, 0.25) is 0 Å². The Labute approximate surface area is 128 Å². The second-order valence-electron chi connectivity index (χ2n) is 4.26. The predicted molar refractivity (Wildman–Crippen MR) is 75.2 cm³/mol. The number of alkyl halides is 3. The van der Waals surface area contributed by atoms with Crippen LogP contribution >= 0.6 is 23.2 Å². The van der Waals surface area contributed by atoms with E-state index in [1.54, 1.807) is 6.07 Å². The van der Waals surface area contributed by atoms with Gasteiger partial charge in [-0.25, -0.2) is 4.39 Å². The molecule has 0 bridgehead atoms. The third-order valence-corrected chi connectivity index (χ3v) is 3.42. The first-order valence-electron chi connectivity index (χ1n) is 5.82. The molecule has 0 aliphatic heterocycles. The monoisotopic (exact) mass is 337 g/mol. The molecule has 0 saturated carbocycles. The fourth-order valence-electron chi connectivity index (χ4n) is 1.71. The molecule has 1 nitrogen and oxygen atoms in total. The molecular formula is C14H9Cl2F4N. The van der Waals surface area contributed by atoms with E-state index in [0.29, 0.717) is 0 Å². The minimum Gasteiger partial charge on any atom is -0.380 e. The zero-order valence-electron chi connectivity index (χ0n) is 10.4. The Morgan fingerprint density at radius 2 is 1.71 bits per heavy atom. The lowest BCUT2D eigenvalue weighted by atomic mass is 10.1. The van der Waals surface area contributed by atoms with Crippen LogP contribution in [0.25, 0.3) is 0 Å². The van der Waals surface area contributed by atoms with Crippen molar-refractivity contribution in [2.75, 3.05) is 5.32 Å². The lowest BCUT2D eigenvalue weighted by Crippen LogP contribution is -2.07. The number of nitrogens with one attached hydrogen (secondary N) is 1. The fourth-order valence-corrected chi connectivity index (χ4v) is 2.09.